The van der Waals surface area contributed by atoms with E-state index in [9.17, 15) is 4.79 Å². The average Bonchev–Trinajstić information content (AvgIpc) is 2.12. The van der Waals surface area contributed by atoms with Gasteiger partial charge in [0.2, 0.25) is 0 Å². The number of hydrogen-bond donors (Lipinski definition) is 5. The van der Waals surface area contributed by atoms with Crippen LogP contribution < -0.4 is 0 Å². The van der Waals surface area contributed by atoms with Gasteiger partial charge in [-0.05, 0) is 0 Å². The molecule has 0 unspecified atom stereocenters. The highest BCUT2D eigenvalue weighted by molar-refractivity contribution is 5.56. The van der Waals surface area contributed by atoms with Crippen LogP contribution in [0, 0.1) is 0 Å². The molecular formula is C6H12O6. The van der Waals surface area contributed by atoms with Gasteiger partial charge in [-0.2, -0.15) is 0 Å². The first-order chi connectivity index (χ1) is 5.54. The zero-order valence-electron chi connectivity index (χ0n) is 6.24. The fourth-order valence-corrected chi connectivity index (χ4v) is 0.618. The molecule has 0 aliphatic carbocycles. The van der Waals surface area contributed by atoms with E-state index in [4.69, 9.17) is 25.5 Å². The van der Waals surface area contributed by atoms with Gasteiger partial charge in [-0.3, -0.25) is 0 Å². The van der Waals surface area contributed by atoms with Gasteiger partial charge < -0.3 is 30.3 Å². The monoisotopic (exact) mass is 181 g/mol. The first kappa shape index (κ1) is 11.5. The Bertz CT molecular complexity index is 138. The molecular weight excluding hydrogens is 169 g/mol. The van der Waals surface area contributed by atoms with Gasteiger partial charge in [0.25, 0.3) is 0 Å². The summed E-state index contributed by atoms with van der Waals surface area (Å²) in [6.07, 6.45) is -6.84. The standard InChI is InChI=1S/C6H12O6/c7-1-3(9)5(11)6(12)4(10)2-8/h1,3-6,8-12H,2H2/t3-,4+,5-,6+/m0/s1/i6+1. The molecule has 5 N–H and O–H groups in total. The summed E-state index contributed by atoms with van der Waals surface area (Å²) in [6, 6.07) is 0. The maximum atomic E-state index is 9.90. The SMILES string of the molecule is O=C[C@H](O)[C@H](O)[13C@H](O)[C@H](O)CO. The van der Waals surface area contributed by atoms with Crippen LogP contribution >= 0.6 is 0 Å². The zero-order valence-corrected chi connectivity index (χ0v) is 6.24. The van der Waals surface area contributed by atoms with Crippen molar-refractivity contribution in [1.82, 2.24) is 0 Å². The minimum Gasteiger partial charge on any atom is -0.394 e. The largest absolute Gasteiger partial charge is 0.394 e. The van der Waals surface area contributed by atoms with Crippen molar-refractivity contribution in [2.45, 2.75) is 24.4 Å². The smallest absolute Gasteiger partial charge is 0.151 e. The summed E-state index contributed by atoms with van der Waals surface area (Å²) >= 11 is 0. The first-order valence-corrected chi connectivity index (χ1v) is 3.33. The van der Waals surface area contributed by atoms with Crippen molar-refractivity contribution in [3.63, 3.8) is 0 Å². The highest BCUT2D eigenvalue weighted by Gasteiger charge is 2.29. The predicted octanol–water partition coefficient (Wildman–Crippen LogP) is -3.38. The molecule has 0 aromatic rings. The normalized spacial score (nSPS) is 21.1. The average molecular weight is 181 g/mol. The fourth-order valence-electron chi connectivity index (χ4n) is 0.618. The Morgan fingerprint density at radius 3 is 1.92 bits per heavy atom. The third kappa shape index (κ3) is 2.84. The summed E-state index contributed by atoms with van der Waals surface area (Å²) in [4.78, 5) is 9.90. The number of carbonyl (C=O) groups excluding carboxylic acids is 1. The molecule has 0 aromatic carbocycles. The number of aldehydes is 1. The van der Waals surface area contributed by atoms with Gasteiger partial charge in [-0.25, -0.2) is 0 Å². The molecule has 0 rings (SSSR count). The van der Waals surface area contributed by atoms with Crippen molar-refractivity contribution < 1.29 is 30.3 Å². The summed E-state index contributed by atoms with van der Waals surface area (Å²) in [6.45, 7) is -0.760. The van der Waals surface area contributed by atoms with Crippen LogP contribution in [0.15, 0.2) is 0 Å². The molecule has 0 spiro atoms. The van der Waals surface area contributed by atoms with E-state index in [1.807, 2.05) is 0 Å². The Morgan fingerprint density at radius 1 is 1.08 bits per heavy atom. The van der Waals surface area contributed by atoms with E-state index in [0.717, 1.165) is 0 Å². The molecule has 0 fully saturated rings. The number of carbonyl (C=O) groups is 1. The van der Waals surface area contributed by atoms with Crippen molar-refractivity contribution in [3.8, 4) is 0 Å². The quantitative estimate of drug-likeness (QED) is 0.223. The molecule has 6 nitrogen and oxygen atoms in total. The Morgan fingerprint density at radius 2 is 1.58 bits per heavy atom. The van der Waals surface area contributed by atoms with Crippen molar-refractivity contribution in [3.05, 3.63) is 0 Å². The van der Waals surface area contributed by atoms with Crippen LogP contribution in [0.4, 0.5) is 0 Å². The molecule has 72 valence electrons. The summed E-state index contributed by atoms with van der Waals surface area (Å²) in [7, 11) is 0. The molecule has 12 heavy (non-hydrogen) atoms. The van der Waals surface area contributed by atoms with E-state index in [1.165, 1.54) is 0 Å². The fraction of sp³-hybridized carbons (Fsp3) is 0.833. The molecule has 0 bridgehead atoms. The second-order valence-electron chi connectivity index (χ2n) is 2.36. The van der Waals surface area contributed by atoms with Gasteiger partial charge in [0, 0.05) is 0 Å². The van der Waals surface area contributed by atoms with Gasteiger partial charge in [-0.15, -0.1) is 0 Å². The summed E-state index contributed by atoms with van der Waals surface area (Å²) in [5.41, 5.74) is 0. The van der Waals surface area contributed by atoms with Crippen molar-refractivity contribution in [2.24, 2.45) is 0 Å². The maximum absolute atomic E-state index is 9.90. The van der Waals surface area contributed by atoms with E-state index in [1.54, 1.807) is 0 Å². The Labute approximate surface area is 68.7 Å². The lowest BCUT2D eigenvalue weighted by Crippen LogP contribution is -2.46. The minimum atomic E-state index is -1.79. The third-order valence-electron chi connectivity index (χ3n) is 1.42. The van der Waals surface area contributed by atoms with Crippen LogP contribution in [0.25, 0.3) is 0 Å². The first-order valence-electron chi connectivity index (χ1n) is 3.33. The van der Waals surface area contributed by atoms with E-state index in [2.05, 4.69) is 0 Å². The highest BCUT2D eigenvalue weighted by Crippen LogP contribution is 2.02. The van der Waals surface area contributed by atoms with Crippen LogP contribution in [0.5, 0.6) is 0 Å². The van der Waals surface area contributed by atoms with Crippen LogP contribution in [-0.2, 0) is 4.79 Å². The molecule has 0 aliphatic rings. The van der Waals surface area contributed by atoms with Gasteiger partial charge in [-0.1, -0.05) is 0 Å². The van der Waals surface area contributed by atoms with Crippen molar-refractivity contribution in [2.75, 3.05) is 6.61 Å². The van der Waals surface area contributed by atoms with Crippen LogP contribution in [0.2, 0.25) is 0 Å². The van der Waals surface area contributed by atoms with E-state index >= 15 is 0 Å². The topological polar surface area (TPSA) is 118 Å². The Kier molecular flexibility index (Phi) is 4.95. The number of hydrogen-bond acceptors (Lipinski definition) is 6. The lowest BCUT2D eigenvalue weighted by molar-refractivity contribution is -0.136. The molecule has 0 saturated carbocycles. The van der Waals surface area contributed by atoms with Gasteiger partial charge in [0.15, 0.2) is 6.29 Å². The van der Waals surface area contributed by atoms with Crippen LogP contribution in [-0.4, -0.2) is 62.8 Å². The van der Waals surface area contributed by atoms with Gasteiger partial charge >= 0.3 is 0 Å². The minimum absolute atomic E-state index is 0.0258. The molecule has 0 radical (unpaired) electrons. The van der Waals surface area contributed by atoms with E-state index in [0.29, 0.717) is 0 Å². The number of rotatable bonds is 5. The Hall–Kier alpha value is -0.530. The highest BCUT2D eigenvalue weighted by atomic mass is 16.4. The predicted molar refractivity (Wildman–Crippen MR) is 37.2 cm³/mol. The Balaban J connectivity index is 4.07. The number of aliphatic hydroxyl groups is 5. The second-order valence-corrected chi connectivity index (χ2v) is 2.36. The maximum Gasteiger partial charge on any atom is 0.151 e. The zero-order chi connectivity index (χ0) is 9.72. The molecule has 0 aromatic heterocycles. The molecule has 0 saturated heterocycles. The summed E-state index contributed by atoms with van der Waals surface area (Å²) in [5, 5.41) is 43.5. The summed E-state index contributed by atoms with van der Waals surface area (Å²) in [5.74, 6) is 0. The number of aliphatic hydroxyl groups excluding tert-OH is 5. The van der Waals surface area contributed by atoms with Crippen LogP contribution in [0.3, 0.4) is 0 Å². The molecule has 6 heteroatoms. The summed E-state index contributed by atoms with van der Waals surface area (Å²) < 4.78 is 0. The molecule has 0 aliphatic heterocycles. The molecule has 0 heterocycles. The van der Waals surface area contributed by atoms with Gasteiger partial charge in [0.05, 0.1) is 6.61 Å². The molecule has 4 atom stereocenters. The van der Waals surface area contributed by atoms with E-state index < -0.39 is 31.0 Å². The second kappa shape index (κ2) is 5.18. The van der Waals surface area contributed by atoms with Crippen molar-refractivity contribution in [1.29, 1.82) is 0 Å². The third-order valence-corrected chi connectivity index (χ3v) is 1.42. The van der Waals surface area contributed by atoms with E-state index in [-0.39, 0.29) is 6.29 Å². The lowest BCUT2D eigenvalue weighted by Gasteiger charge is -2.22. The van der Waals surface area contributed by atoms with Crippen molar-refractivity contribution >= 4 is 6.29 Å². The molecule has 0 amide bonds. The lowest BCUT2D eigenvalue weighted by atomic mass is 10.2. The van der Waals surface area contributed by atoms with Crippen LogP contribution in [0.1, 0.15) is 0 Å². The van der Waals surface area contributed by atoms with Gasteiger partial charge in [0.1, 0.15) is 24.4 Å².